The van der Waals surface area contributed by atoms with Gasteiger partial charge in [-0.15, -0.1) is 0 Å². The molecule has 3 aromatic rings. The number of hydrogen-bond acceptors (Lipinski definition) is 2. The van der Waals surface area contributed by atoms with Crippen LogP contribution in [0.4, 0.5) is 5.69 Å². The molecule has 0 bridgehead atoms. The van der Waals surface area contributed by atoms with Gasteiger partial charge in [0.1, 0.15) is 0 Å². The Morgan fingerprint density at radius 3 is 2.50 bits per heavy atom. The topological polar surface area (TPSA) is 42.0 Å². The summed E-state index contributed by atoms with van der Waals surface area (Å²) in [7, 11) is 0. The summed E-state index contributed by atoms with van der Waals surface area (Å²) >= 11 is 6.46. The number of anilines is 1. The van der Waals surface area contributed by atoms with Gasteiger partial charge in [0.2, 0.25) is 5.91 Å². The van der Waals surface area contributed by atoms with Gasteiger partial charge < -0.3 is 5.32 Å². The molecule has 1 amide bonds. The summed E-state index contributed by atoms with van der Waals surface area (Å²) in [5, 5.41) is 4.16. The van der Waals surface area contributed by atoms with Crippen LogP contribution in [0.3, 0.4) is 0 Å². The van der Waals surface area contributed by atoms with Gasteiger partial charge in [-0.1, -0.05) is 75.7 Å². The third-order valence-corrected chi connectivity index (χ3v) is 6.68. The van der Waals surface area contributed by atoms with E-state index in [9.17, 15) is 4.79 Å². The number of rotatable bonds is 3. The van der Waals surface area contributed by atoms with Gasteiger partial charge >= 0.3 is 0 Å². The SMILES string of the molecule is CC1(C)CCC(C)(C)c2cc(/C=C\C(=O)Nc3cnc4ccccc4c3Cl)ccc21. The average molecular weight is 419 g/mol. The first kappa shape index (κ1) is 20.6. The van der Waals surface area contributed by atoms with E-state index >= 15 is 0 Å². The fourth-order valence-corrected chi connectivity index (χ4v) is 4.51. The molecule has 1 aliphatic carbocycles. The van der Waals surface area contributed by atoms with Crippen molar-refractivity contribution < 1.29 is 4.79 Å². The van der Waals surface area contributed by atoms with Gasteiger partial charge in [0.15, 0.2) is 0 Å². The molecule has 1 heterocycles. The number of pyridine rings is 1. The fraction of sp³-hybridized carbons (Fsp3) is 0.308. The summed E-state index contributed by atoms with van der Waals surface area (Å²) in [4.78, 5) is 16.9. The lowest BCUT2D eigenvalue weighted by Gasteiger charge is -2.42. The molecule has 0 aliphatic heterocycles. The maximum atomic E-state index is 12.5. The minimum absolute atomic E-state index is 0.140. The van der Waals surface area contributed by atoms with Crippen LogP contribution in [0.1, 0.15) is 57.2 Å². The minimum atomic E-state index is -0.230. The molecule has 0 atom stereocenters. The van der Waals surface area contributed by atoms with Crippen molar-refractivity contribution in [3.63, 3.8) is 0 Å². The largest absolute Gasteiger partial charge is 0.320 e. The molecule has 1 N–H and O–H groups in total. The maximum Gasteiger partial charge on any atom is 0.248 e. The number of para-hydroxylation sites is 1. The smallest absolute Gasteiger partial charge is 0.248 e. The first-order valence-corrected chi connectivity index (χ1v) is 10.7. The molecule has 0 radical (unpaired) electrons. The van der Waals surface area contributed by atoms with Gasteiger partial charge in [-0.05, 0) is 52.5 Å². The van der Waals surface area contributed by atoms with Crippen LogP contribution in [0.2, 0.25) is 5.02 Å². The van der Waals surface area contributed by atoms with Gasteiger partial charge in [-0.25, -0.2) is 0 Å². The summed E-state index contributed by atoms with van der Waals surface area (Å²) in [5.74, 6) is -0.230. The predicted molar refractivity (Wildman–Crippen MR) is 126 cm³/mol. The number of halogens is 1. The second-order valence-electron chi connectivity index (χ2n) is 9.40. The molecular weight excluding hydrogens is 392 g/mol. The first-order chi connectivity index (χ1) is 14.2. The lowest BCUT2D eigenvalue weighted by molar-refractivity contribution is -0.111. The molecule has 2 aromatic carbocycles. The van der Waals surface area contributed by atoms with Crippen LogP contribution < -0.4 is 5.32 Å². The zero-order valence-electron chi connectivity index (χ0n) is 17.9. The third kappa shape index (κ3) is 3.87. The lowest BCUT2D eigenvalue weighted by Crippen LogP contribution is -2.33. The first-order valence-electron chi connectivity index (χ1n) is 10.3. The average Bonchev–Trinajstić information content (AvgIpc) is 2.72. The van der Waals surface area contributed by atoms with Crippen molar-refractivity contribution in [3.8, 4) is 0 Å². The van der Waals surface area contributed by atoms with Gasteiger partial charge in [0.05, 0.1) is 22.4 Å². The van der Waals surface area contributed by atoms with Crippen LogP contribution in [0.25, 0.3) is 17.0 Å². The number of benzene rings is 2. The van der Waals surface area contributed by atoms with E-state index < -0.39 is 0 Å². The summed E-state index contributed by atoms with van der Waals surface area (Å²) in [5.41, 5.74) is 5.45. The highest BCUT2D eigenvalue weighted by molar-refractivity contribution is 6.38. The Morgan fingerprint density at radius 1 is 1.03 bits per heavy atom. The Kier molecular flexibility index (Phi) is 5.19. The van der Waals surface area contributed by atoms with Crippen LogP contribution in [-0.2, 0) is 15.6 Å². The van der Waals surface area contributed by atoms with Gasteiger partial charge in [0.25, 0.3) is 0 Å². The van der Waals surface area contributed by atoms with Crippen LogP contribution in [0.5, 0.6) is 0 Å². The molecule has 0 fully saturated rings. The molecule has 1 aromatic heterocycles. The Balaban J connectivity index is 1.56. The molecule has 0 spiro atoms. The molecule has 4 heteroatoms. The number of nitrogens with zero attached hydrogens (tertiary/aromatic N) is 1. The van der Waals surface area contributed by atoms with Crippen LogP contribution in [0.15, 0.2) is 54.7 Å². The lowest BCUT2D eigenvalue weighted by atomic mass is 9.63. The molecule has 0 unspecified atom stereocenters. The summed E-state index contributed by atoms with van der Waals surface area (Å²) < 4.78 is 0. The van der Waals surface area contributed by atoms with E-state index in [0.717, 1.165) is 22.9 Å². The van der Waals surface area contributed by atoms with Crippen LogP contribution >= 0.6 is 11.6 Å². The van der Waals surface area contributed by atoms with Crippen molar-refractivity contribution >= 4 is 40.2 Å². The normalized spacial score (nSPS) is 17.1. The van der Waals surface area contributed by atoms with Crippen LogP contribution in [-0.4, -0.2) is 10.9 Å². The van der Waals surface area contributed by atoms with Crippen molar-refractivity contribution in [2.24, 2.45) is 0 Å². The van der Waals surface area contributed by atoms with E-state index in [2.05, 4.69) is 56.2 Å². The Morgan fingerprint density at radius 2 is 1.73 bits per heavy atom. The molecule has 1 aliphatic rings. The molecule has 3 nitrogen and oxygen atoms in total. The maximum absolute atomic E-state index is 12.5. The predicted octanol–water partition coefficient (Wildman–Crippen LogP) is 6.89. The standard InChI is InChI=1S/C26H27ClN2O/c1-25(2)13-14-26(3,4)20-15-17(9-11-19(20)25)10-12-23(30)29-22-16-28-21-8-6-5-7-18(21)24(22)27/h5-12,15-16H,13-14H2,1-4H3,(H,29,30)/b12-10-. The van der Waals surface area contributed by atoms with E-state index in [-0.39, 0.29) is 16.7 Å². The van der Waals surface area contributed by atoms with Gasteiger partial charge in [-0.3, -0.25) is 9.78 Å². The van der Waals surface area contributed by atoms with Crippen molar-refractivity contribution in [3.05, 3.63) is 76.5 Å². The second-order valence-corrected chi connectivity index (χ2v) is 9.78. The van der Waals surface area contributed by atoms with Crippen molar-refractivity contribution in [1.29, 1.82) is 0 Å². The van der Waals surface area contributed by atoms with Crippen molar-refractivity contribution in [1.82, 2.24) is 4.98 Å². The Bertz CT molecular complexity index is 1160. The van der Waals surface area contributed by atoms with Gasteiger partial charge in [-0.2, -0.15) is 0 Å². The van der Waals surface area contributed by atoms with E-state index in [1.54, 1.807) is 12.3 Å². The summed E-state index contributed by atoms with van der Waals surface area (Å²) in [6.45, 7) is 9.22. The highest BCUT2D eigenvalue weighted by Crippen LogP contribution is 2.46. The number of fused-ring (bicyclic) bond motifs is 2. The number of aromatic nitrogens is 1. The fourth-order valence-electron chi connectivity index (χ4n) is 4.25. The number of amides is 1. The molecule has 0 saturated carbocycles. The molecule has 0 saturated heterocycles. The second kappa shape index (κ2) is 7.55. The minimum Gasteiger partial charge on any atom is -0.320 e. The third-order valence-electron chi connectivity index (χ3n) is 6.27. The molecule has 4 rings (SSSR count). The van der Waals surface area contributed by atoms with E-state index in [4.69, 9.17) is 11.6 Å². The zero-order valence-corrected chi connectivity index (χ0v) is 18.7. The monoisotopic (exact) mass is 418 g/mol. The van der Waals surface area contributed by atoms with E-state index in [0.29, 0.717) is 10.7 Å². The Hall–Kier alpha value is -2.65. The highest BCUT2D eigenvalue weighted by atomic mass is 35.5. The van der Waals surface area contributed by atoms with Crippen LogP contribution in [0, 0.1) is 0 Å². The summed E-state index contributed by atoms with van der Waals surface area (Å²) in [6, 6.07) is 14.1. The Labute approximate surface area is 183 Å². The number of carbonyl (C=O) groups is 1. The quantitative estimate of drug-likeness (QED) is 0.470. The number of nitrogens with one attached hydrogen (secondary N) is 1. The zero-order chi connectivity index (χ0) is 21.5. The van der Waals surface area contributed by atoms with Crippen molar-refractivity contribution in [2.45, 2.75) is 51.4 Å². The van der Waals surface area contributed by atoms with E-state index in [1.165, 1.54) is 17.5 Å². The van der Waals surface area contributed by atoms with Gasteiger partial charge in [0, 0.05) is 11.5 Å². The highest BCUT2D eigenvalue weighted by Gasteiger charge is 2.36. The van der Waals surface area contributed by atoms with E-state index in [1.807, 2.05) is 30.3 Å². The number of hydrogen-bond donors (Lipinski definition) is 1. The molecular formula is C26H27ClN2O. The number of carbonyl (C=O) groups excluding carboxylic acids is 1. The molecule has 30 heavy (non-hydrogen) atoms. The summed E-state index contributed by atoms with van der Waals surface area (Å²) in [6.07, 6.45) is 7.35. The van der Waals surface area contributed by atoms with Crippen molar-refractivity contribution in [2.75, 3.05) is 5.32 Å². The molecule has 154 valence electrons.